The number of benzene rings is 1. The number of hydrogen-bond acceptors (Lipinski definition) is 5. The maximum Gasteiger partial charge on any atom is 0.408 e. The predicted octanol–water partition coefficient (Wildman–Crippen LogP) is 2.10. The van der Waals surface area contributed by atoms with Gasteiger partial charge in [0.05, 0.1) is 6.54 Å². The van der Waals surface area contributed by atoms with E-state index >= 15 is 0 Å². The zero-order chi connectivity index (χ0) is 16.2. The van der Waals surface area contributed by atoms with Gasteiger partial charge in [-0.15, -0.1) is 0 Å². The molecule has 0 bridgehead atoms. The van der Waals surface area contributed by atoms with Crippen LogP contribution in [0.15, 0.2) is 12.1 Å². The molecule has 0 aliphatic carbocycles. The summed E-state index contributed by atoms with van der Waals surface area (Å²) in [5, 5.41) is 2.52. The molecule has 0 saturated carbocycles. The molecule has 1 aromatic rings. The number of rotatable bonds is 2. The molecule has 0 fully saturated rings. The van der Waals surface area contributed by atoms with Crippen molar-refractivity contribution in [3.63, 3.8) is 0 Å². The van der Waals surface area contributed by atoms with Gasteiger partial charge in [0.1, 0.15) is 5.60 Å². The van der Waals surface area contributed by atoms with Crippen molar-refractivity contribution < 1.29 is 23.8 Å². The van der Waals surface area contributed by atoms with Crippen molar-refractivity contribution in [3.8, 4) is 23.3 Å². The minimum atomic E-state index is -0.556. The zero-order valence-corrected chi connectivity index (χ0v) is 12.7. The van der Waals surface area contributed by atoms with Gasteiger partial charge in [-0.2, -0.15) is 0 Å². The normalized spacial score (nSPS) is 12.1. The summed E-state index contributed by atoms with van der Waals surface area (Å²) >= 11 is 0. The highest BCUT2D eigenvalue weighted by molar-refractivity contribution is 5.81. The Labute approximate surface area is 128 Å². The van der Waals surface area contributed by atoms with Crippen LogP contribution in [0.3, 0.4) is 0 Å². The van der Waals surface area contributed by atoms with Gasteiger partial charge in [-0.25, -0.2) is 4.79 Å². The van der Waals surface area contributed by atoms with Gasteiger partial charge in [0.2, 0.25) is 6.79 Å². The molecule has 0 radical (unpaired) electrons. The Morgan fingerprint density at radius 1 is 1.36 bits per heavy atom. The molecule has 0 saturated heterocycles. The lowest BCUT2D eigenvalue weighted by atomic mass is 10.1. The summed E-state index contributed by atoms with van der Waals surface area (Å²) in [5.41, 5.74) is 0.374. The van der Waals surface area contributed by atoms with Crippen LogP contribution in [0.4, 0.5) is 4.79 Å². The third kappa shape index (κ3) is 4.16. The van der Waals surface area contributed by atoms with Gasteiger partial charge in [-0.3, -0.25) is 4.79 Å². The van der Waals surface area contributed by atoms with Gasteiger partial charge in [0.25, 0.3) is 0 Å². The summed E-state index contributed by atoms with van der Waals surface area (Å²) in [7, 11) is 0. The lowest BCUT2D eigenvalue weighted by Gasteiger charge is -2.19. The molecule has 0 spiro atoms. The van der Waals surface area contributed by atoms with E-state index in [1.54, 1.807) is 32.9 Å². The fraction of sp³-hybridized carbons (Fsp3) is 0.375. The van der Waals surface area contributed by atoms with Gasteiger partial charge < -0.3 is 19.5 Å². The molecule has 6 nitrogen and oxygen atoms in total. The Hall–Kier alpha value is -2.68. The first-order valence-corrected chi connectivity index (χ1v) is 6.73. The molecule has 0 aromatic heterocycles. The molecule has 1 aliphatic rings. The number of nitrogens with one attached hydrogen (secondary N) is 1. The number of fused-ring (bicyclic) bond motifs is 1. The van der Waals surface area contributed by atoms with E-state index in [9.17, 15) is 9.59 Å². The minimum absolute atomic E-state index is 0.113. The summed E-state index contributed by atoms with van der Waals surface area (Å²) in [4.78, 5) is 22.5. The summed E-state index contributed by atoms with van der Waals surface area (Å²) < 4.78 is 15.5. The Morgan fingerprint density at radius 3 is 2.68 bits per heavy atom. The first kappa shape index (κ1) is 15.7. The number of carbonyl (C=O) groups is 2. The summed E-state index contributed by atoms with van der Waals surface area (Å²) in [6, 6.07) is 3.23. The SMILES string of the molecule is CC(C)(C)OC(=O)NCC#Cc1cc2c(cc1C=O)OCO2. The molecule has 0 unspecified atom stereocenters. The third-order valence-corrected chi connectivity index (χ3v) is 2.61. The topological polar surface area (TPSA) is 73.9 Å². The lowest BCUT2D eigenvalue weighted by Crippen LogP contribution is -2.32. The third-order valence-electron chi connectivity index (χ3n) is 2.61. The fourth-order valence-electron chi connectivity index (χ4n) is 1.73. The maximum atomic E-state index is 11.5. The van der Waals surface area contributed by atoms with Crippen LogP contribution in [0, 0.1) is 11.8 Å². The average Bonchev–Trinajstić information content (AvgIpc) is 2.87. The quantitative estimate of drug-likeness (QED) is 0.669. The van der Waals surface area contributed by atoms with Gasteiger partial charge in [0.15, 0.2) is 17.8 Å². The van der Waals surface area contributed by atoms with Crippen LogP contribution in [0.25, 0.3) is 0 Å². The molecule has 6 heteroatoms. The van der Waals surface area contributed by atoms with E-state index in [4.69, 9.17) is 14.2 Å². The van der Waals surface area contributed by atoms with E-state index in [-0.39, 0.29) is 13.3 Å². The summed E-state index contributed by atoms with van der Waals surface area (Å²) in [5.74, 6) is 6.67. The van der Waals surface area contributed by atoms with Crippen LogP contribution < -0.4 is 14.8 Å². The second kappa shape index (κ2) is 6.39. The van der Waals surface area contributed by atoms with Crippen molar-refractivity contribution in [2.45, 2.75) is 26.4 Å². The number of ether oxygens (including phenoxy) is 3. The molecule has 2 rings (SSSR count). The van der Waals surface area contributed by atoms with Crippen molar-refractivity contribution in [2.75, 3.05) is 13.3 Å². The predicted molar refractivity (Wildman–Crippen MR) is 79.1 cm³/mol. The average molecular weight is 303 g/mol. The van der Waals surface area contributed by atoms with Crippen LogP contribution in [0.1, 0.15) is 36.7 Å². The van der Waals surface area contributed by atoms with Crippen molar-refractivity contribution >= 4 is 12.4 Å². The standard InChI is InChI=1S/C16H17NO5/c1-16(2,3)22-15(19)17-6-4-5-11-7-13-14(21-10-20-13)8-12(11)9-18/h7-9H,6,10H2,1-3H3,(H,17,19). The lowest BCUT2D eigenvalue weighted by molar-refractivity contribution is 0.0535. The van der Waals surface area contributed by atoms with Crippen molar-refractivity contribution in [3.05, 3.63) is 23.3 Å². The highest BCUT2D eigenvalue weighted by atomic mass is 16.7. The maximum absolute atomic E-state index is 11.5. The molecule has 0 atom stereocenters. The van der Waals surface area contributed by atoms with Crippen LogP contribution in [-0.4, -0.2) is 31.3 Å². The second-order valence-electron chi connectivity index (χ2n) is 5.57. The molecule has 116 valence electrons. The van der Waals surface area contributed by atoms with E-state index in [1.807, 2.05) is 0 Å². The van der Waals surface area contributed by atoms with Crippen LogP contribution in [0.2, 0.25) is 0 Å². The molecule has 1 heterocycles. The van der Waals surface area contributed by atoms with Crippen molar-refractivity contribution in [2.24, 2.45) is 0 Å². The number of carbonyl (C=O) groups excluding carboxylic acids is 2. The number of alkyl carbamates (subject to hydrolysis) is 1. The van der Waals surface area contributed by atoms with Crippen molar-refractivity contribution in [1.29, 1.82) is 0 Å². The van der Waals surface area contributed by atoms with E-state index in [0.717, 1.165) is 0 Å². The highest BCUT2D eigenvalue weighted by Crippen LogP contribution is 2.34. The van der Waals surface area contributed by atoms with Gasteiger partial charge in [0, 0.05) is 17.2 Å². The first-order valence-electron chi connectivity index (χ1n) is 6.73. The molecule has 1 N–H and O–H groups in total. The number of hydrogen-bond donors (Lipinski definition) is 1. The van der Waals surface area contributed by atoms with E-state index in [0.29, 0.717) is 28.9 Å². The summed E-state index contributed by atoms with van der Waals surface area (Å²) in [6.07, 6.45) is 0.163. The Bertz CT molecular complexity index is 649. The molecule has 1 aliphatic heterocycles. The van der Waals surface area contributed by atoms with Crippen LogP contribution >= 0.6 is 0 Å². The number of aldehydes is 1. The monoisotopic (exact) mass is 303 g/mol. The molecule has 22 heavy (non-hydrogen) atoms. The van der Waals surface area contributed by atoms with E-state index < -0.39 is 11.7 Å². The van der Waals surface area contributed by atoms with Crippen LogP contribution in [-0.2, 0) is 4.74 Å². The largest absolute Gasteiger partial charge is 0.454 e. The molecule has 1 amide bonds. The second-order valence-corrected chi connectivity index (χ2v) is 5.57. The van der Waals surface area contributed by atoms with Crippen LogP contribution in [0.5, 0.6) is 11.5 Å². The minimum Gasteiger partial charge on any atom is -0.454 e. The number of amides is 1. The highest BCUT2D eigenvalue weighted by Gasteiger charge is 2.16. The van der Waals surface area contributed by atoms with Gasteiger partial charge in [-0.05, 0) is 26.8 Å². The molecular weight excluding hydrogens is 286 g/mol. The fourth-order valence-corrected chi connectivity index (χ4v) is 1.73. The van der Waals surface area contributed by atoms with E-state index in [2.05, 4.69) is 17.2 Å². The van der Waals surface area contributed by atoms with Crippen molar-refractivity contribution in [1.82, 2.24) is 5.32 Å². The molecular formula is C16H17NO5. The summed E-state index contributed by atoms with van der Waals surface area (Å²) in [6.45, 7) is 5.58. The van der Waals surface area contributed by atoms with Gasteiger partial charge in [-0.1, -0.05) is 11.8 Å². The Kier molecular flexibility index (Phi) is 4.56. The van der Waals surface area contributed by atoms with Gasteiger partial charge >= 0.3 is 6.09 Å². The Balaban J connectivity index is 2.00. The molecule has 1 aromatic carbocycles. The first-order chi connectivity index (χ1) is 10.4. The smallest absolute Gasteiger partial charge is 0.408 e. The van der Waals surface area contributed by atoms with E-state index in [1.165, 1.54) is 0 Å². The Morgan fingerprint density at radius 2 is 2.05 bits per heavy atom. The zero-order valence-electron chi connectivity index (χ0n) is 12.7.